The molecule has 0 atom stereocenters. The Kier molecular flexibility index (Phi) is 3.29. The van der Waals surface area contributed by atoms with Crippen molar-refractivity contribution in [2.45, 2.75) is 45.2 Å². The first kappa shape index (κ1) is 12.3. The predicted molar refractivity (Wildman–Crippen MR) is 73.1 cm³/mol. The zero-order valence-electron chi connectivity index (χ0n) is 11.4. The summed E-state index contributed by atoms with van der Waals surface area (Å²) in [6.45, 7) is 5.26. The van der Waals surface area contributed by atoms with Gasteiger partial charge in [-0.2, -0.15) is 10.2 Å². The van der Waals surface area contributed by atoms with Gasteiger partial charge in [0.1, 0.15) is 0 Å². The van der Waals surface area contributed by atoms with Gasteiger partial charge in [-0.1, -0.05) is 13.8 Å². The summed E-state index contributed by atoms with van der Waals surface area (Å²) in [5.74, 6) is 1.18. The monoisotopic (exact) mass is 257 g/mol. The second-order valence-electron chi connectivity index (χ2n) is 5.36. The molecule has 5 heteroatoms. The molecule has 0 aromatic carbocycles. The number of hydrogen-bond donors (Lipinski definition) is 1. The highest BCUT2D eigenvalue weighted by Crippen LogP contribution is 2.24. The Labute approximate surface area is 113 Å². The van der Waals surface area contributed by atoms with Gasteiger partial charge in [-0.05, 0) is 30.9 Å². The zero-order chi connectivity index (χ0) is 13.2. The van der Waals surface area contributed by atoms with E-state index in [2.05, 4.69) is 34.5 Å². The lowest BCUT2D eigenvalue weighted by Crippen LogP contribution is -2.17. The minimum atomic E-state index is 0.403. The molecular weight excluding hydrogens is 238 g/mol. The Morgan fingerprint density at radius 2 is 2.26 bits per heavy atom. The van der Waals surface area contributed by atoms with Crippen LogP contribution in [0.15, 0.2) is 24.5 Å². The van der Waals surface area contributed by atoms with E-state index in [1.165, 1.54) is 24.1 Å². The molecule has 1 saturated carbocycles. The van der Waals surface area contributed by atoms with E-state index in [0.29, 0.717) is 12.0 Å². The smallest absolute Gasteiger partial charge is 0.175 e. The molecular formula is C14H19N5. The molecule has 1 N–H and O–H groups in total. The van der Waals surface area contributed by atoms with Crippen molar-refractivity contribution in [3.05, 3.63) is 35.8 Å². The van der Waals surface area contributed by atoms with Gasteiger partial charge in [0.05, 0.1) is 11.9 Å². The van der Waals surface area contributed by atoms with Crippen LogP contribution in [0.5, 0.6) is 0 Å². The maximum atomic E-state index is 4.48. The fraction of sp³-hybridized carbons (Fsp3) is 0.500. The summed E-state index contributed by atoms with van der Waals surface area (Å²) in [5, 5.41) is 16.1. The van der Waals surface area contributed by atoms with Gasteiger partial charge in [0.25, 0.3) is 0 Å². The normalized spacial score (nSPS) is 15.1. The first-order valence-corrected chi connectivity index (χ1v) is 6.84. The van der Waals surface area contributed by atoms with Gasteiger partial charge >= 0.3 is 0 Å². The topological polar surface area (TPSA) is 55.6 Å². The molecule has 0 spiro atoms. The molecule has 1 aliphatic rings. The molecule has 0 bridgehead atoms. The van der Waals surface area contributed by atoms with Crippen molar-refractivity contribution in [1.29, 1.82) is 0 Å². The van der Waals surface area contributed by atoms with Gasteiger partial charge < -0.3 is 5.32 Å². The van der Waals surface area contributed by atoms with Crippen LogP contribution >= 0.6 is 0 Å². The summed E-state index contributed by atoms with van der Waals surface area (Å²) < 4.78 is 1.90. The van der Waals surface area contributed by atoms with E-state index in [9.17, 15) is 0 Å². The highest BCUT2D eigenvalue weighted by Gasteiger charge is 2.22. The van der Waals surface area contributed by atoms with Crippen LogP contribution in [0.1, 0.15) is 43.9 Å². The third kappa shape index (κ3) is 2.66. The van der Waals surface area contributed by atoms with Crippen LogP contribution < -0.4 is 5.32 Å². The average Bonchev–Trinajstić information content (AvgIpc) is 3.15. The van der Waals surface area contributed by atoms with Crippen LogP contribution in [0.4, 0.5) is 0 Å². The zero-order valence-corrected chi connectivity index (χ0v) is 11.4. The molecule has 19 heavy (non-hydrogen) atoms. The number of hydrogen-bond acceptors (Lipinski definition) is 4. The van der Waals surface area contributed by atoms with Crippen LogP contribution in [0, 0.1) is 0 Å². The number of rotatable bonds is 5. The third-order valence-electron chi connectivity index (χ3n) is 3.37. The predicted octanol–water partition coefficient (Wildman–Crippen LogP) is 2.04. The van der Waals surface area contributed by atoms with Crippen molar-refractivity contribution in [3.63, 3.8) is 0 Å². The Balaban J connectivity index is 1.91. The molecule has 0 saturated heterocycles. The molecule has 2 heterocycles. The van der Waals surface area contributed by atoms with E-state index < -0.39 is 0 Å². The first-order chi connectivity index (χ1) is 9.25. The first-order valence-electron chi connectivity index (χ1n) is 6.84. The molecule has 5 nitrogen and oxygen atoms in total. The van der Waals surface area contributed by atoms with Crippen molar-refractivity contribution in [2.75, 3.05) is 0 Å². The highest BCUT2D eigenvalue weighted by molar-refractivity contribution is 5.30. The Hall–Kier alpha value is -1.75. The number of nitrogens with zero attached hydrogens (tertiary/aromatic N) is 4. The lowest BCUT2D eigenvalue weighted by Gasteiger charge is -2.12. The lowest BCUT2D eigenvalue weighted by molar-refractivity contribution is 0.661. The van der Waals surface area contributed by atoms with E-state index in [1.807, 2.05) is 23.0 Å². The molecule has 0 unspecified atom stereocenters. The number of nitrogens with one attached hydrogen (secondary N) is 1. The molecule has 1 aliphatic carbocycles. The molecule has 3 rings (SSSR count). The van der Waals surface area contributed by atoms with Crippen molar-refractivity contribution in [1.82, 2.24) is 25.3 Å². The summed E-state index contributed by atoms with van der Waals surface area (Å²) in [7, 11) is 0. The lowest BCUT2D eigenvalue weighted by atomic mass is 10.1. The fourth-order valence-electron chi connectivity index (χ4n) is 2.27. The molecule has 100 valence electrons. The Morgan fingerprint density at radius 3 is 2.89 bits per heavy atom. The van der Waals surface area contributed by atoms with E-state index >= 15 is 0 Å². The van der Waals surface area contributed by atoms with Crippen LogP contribution in [0.25, 0.3) is 5.82 Å². The van der Waals surface area contributed by atoms with E-state index in [0.717, 1.165) is 12.4 Å². The second-order valence-corrected chi connectivity index (χ2v) is 5.36. The van der Waals surface area contributed by atoms with Gasteiger partial charge in [0.2, 0.25) is 0 Å². The molecule has 0 radical (unpaired) electrons. The van der Waals surface area contributed by atoms with Gasteiger partial charge in [0.15, 0.2) is 5.82 Å². The molecule has 0 aliphatic heterocycles. The Morgan fingerprint density at radius 1 is 1.42 bits per heavy atom. The fourth-order valence-corrected chi connectivity index (χ4v) is 2.27. The van der Waals surface area contributed by atoms with Crippen molar-refractivity contribution in [2.24, 2.45) is 0 Å². The van der Waals surface area contributed by atoms with Gasteiger partial charge in [-0.3, -0.25) is 0 Å². The van der Waals surface area contributed by atoms with Crippen LogP contribution in [0.2, 0.25) is 0 Å². The summed E-state index contributed by atoms with van der Waals surface area (Å²) in [4.78, 5) is 0. The number of aromatic nitrogens is 4. The van der Waals surface area contributed by atoms with Gasteiger partial charge in [-0.25, -0.2) is 4.68 Å². The maximum absolute atomic E-state index is 4.48. The van der Waals surface area contributed by atoms with Crippen LogP contribution in [-0.2, 0) is 6.54 Å². The summed E-state index contributed by atoms with van der Waals surface area (Å²) in [6, 6.07) is 4.53. The summed E-state index contributed by atoms with van der Waals surface area (Å²) >= 11 is 0. The standard InChI is InChI=1S/C14H19N5/c1-10(2)14-11(8-15-12-5-6-12)9-17-19(14)13-4-3-7-16-18-13/h3-4,7,9-10,12,15H,5-6,8H2,1-2H3. The van der Waals surface area contributed by atoms with Gasteiger partial charge in [0, 0.05) is 24.3 Å². The molecule has 2 aromatic rings. The van der Waals surface area contributed by atoms with E-state index in [-0.39, 0.29) is 0 Å². The van der Waals surface area contributed by atoms with Crippen molar-refractivity contribution >= 4 is 0 Å². The SMILES string of the molecule is CC(C)c1c(CNC2CC2)cnn1-c1cccnn1. The van der Waals surface area contributed by atoms with Crippen LogP contribution in [-0.4, -0.2) is 26.0 Å². The molecule has 2 aromatic heterocycles. The Bertz CT molecular complexity index is 542. The minimum Gasteiger partial charge on any atom is -0.310 e. The maximum Gasteiger partial charge on any atom is 0.175 e. The third-order valence-corrected chi connectivity index (χ3v) is 3.37. The van der Waals surface area contributed by atoms with Crippen molar-refractivity contribution in [3.8, 4) is 5.82 Å². The quantitative estimate of drug-likeness (QED) is 0.890. The highest BCUT2D eigenvalue weighted by atomic mass is 15.3. The van der Waals surface area contributed by atoms with Crippen LogP contribution in [0.3, 0.4) is 0 Å². The van der Waals surface area contributed by atoms with Gasteiger partial charge in [-0.15, -0.1) is 5.10 Å². The van der Waals surface area contributed by atoms with E-state index in [4.69, 9.17) is 0 Å². The summed E-state index contributed by atoms with van der Waals surface area (Å²) in [5.41, 5.74) is 2.47. The average molecular weight is 257 g/mol. The van der Waals surface area contributed by atoms with E-state index in [1.54, 1.807) is 6.20 Å². The largest absolute Gasteiger partial charge is 0.310 e. The summed E-state index contributed by atoms with van der Waals surface area (Å²) in [6.07, 6.45) is 6.22. The molecule has 0 amide bonds. The minimum absolute atomic E-state index is 0.403. The van der Waals surface area contributed by atoms with Crippen molar-refractivity contribution < 1.29 is 0 Å². The molecule has 1 fully saturated rings. The second kappa shape index (κ2) is 5.09.